The van der Waals surface area contributed by atoms with Crippen LogP contribution < -0.4 is 21.7 Å². The maximum atomic E-state index is 11.8. The molecule has 1 aromatic carbocycles. The Kier molecular flexibility index (Phi) is 9.73. The van der Waals surface area contributed by atoms with E-state index in [1.165, 1.54) is 0 Å². The molecule has 0 radical (unpaired) electrons. The number of halogens is 2. The lowest BCUT2D eigenvalue weighted by atomic mass is 9.96. The van der Waals surface area contributed by atoms with Crippen molar-refractivity contribution in [1.29, 1.82) is 0 Å². The molecule has 1 heterocycles. The fourth-order valence-corrected chi connectivity index (χ4v) is 2.71. The van der Waals surface area contributed by atoms with Crippen LogP contribution in [-0.4, -0.2) is 30.9 Å². The zero-order valence-corrected chi connectivity index (χ0v) is 15.4. The minimum atomic E-state index is -0.212. The molecule has 2 amide bonds. The van der Waals surface area contributed by atoms with E-state index >= 15 is 0 Å². The molecule has 1 saturated heterocycles. The monoisotopic (exact) mass is 376 g/mol. The number of piperidine rings is 1. The molecule has 1 unspecified atom stereocenters. The van der Waals surface area contributed by atoms with E-state index in [4.69, 9.17) is 11.5 Å². The van der Waals surface area contributed by atoms with Crippen molar-refractivity contribution < 1.29 is 9.59 Å². The summed E-state index contributed by atoms with van der Waals surface area (Å²) in [5, 5.41) is 2.86. The van der Waals surface area contributed by atoms with Crippen LogP contribution in [0.3, 0.4) is 0 Å². The van der Waals surface area contributed by atoms with Crippen molar-refractivity contribution in [2.24, 2.45) is 17.4 Å². The number of carbonyl (C=O) groups is 2. The van der Waals surface area contributed by atoms with Crippen molar-refractivity contribution in [3.8, 4) is 0 Å². The molecular weight excluding hydrogens is 351 g/mol. The van der Waals surface area contributed by atoms with Gasteiger partial charge < -0.3 is 21.7 Å². The first-order chi connectivity index (χ1) is 10.5. The van der Waals surface area contributed by atoms with Gasteiger partial charge in [0.2, 0.25) is 11.8 Å². The summed E-state index contributed by atoms with van der Waals surface area (Å²) >= 11 is 0. The summed E-state index contributed by atoms with van der Waals surface area (Å²) in [4.78, 5) is 25.2. The summed E-state index contributed by atoms with van der Waals surface area (Å²) in [6.45, 7) is 3.40. The summed E-state index contributed by atoms with van der Waals surface area (Å²) in [6, 6.07) is 7.57. The van der Waals surface area contributed by atoms with Crippen LogP contribution in [0.4, 0.5) is 11.4 Å². The molecule has 1 atom stereocenters. The highest BCUT2D eigenvalue weighted by Gasteiger charge is 2.23. The van der Waals surface area contributed by atoms with Crippen LogP contribution in [-0.2, 0) is 9.59 Å². The summed E-state index contributed by atoms with van der Waals surface area (Å²) in [6.07, 6.45) is 1.85. The predicted octanol–water partition coefficient (Wildman–Crippen LogP) is 1.91. The van der Waals surface area contributed by atoms with Crippen LogP contribution in [0.2, 0.25) is 0 Å². The van der Waals surface area contributed by atoms with Crippen molar-refractivity contribution in [2.45, 2.75) is 32.2 Å². The van der Waals surface area contributed by atoms with E-state index < -0.39 is 0 Å². The molecule has 5 N–H and O–H groups in total. The zero-order chi connectivity index (χ0) is 16.1. The number of nitrogens with one attached hydrogen (secondary N) is 1. The molecular formula is C16H26Cl2N4O2. The van der Waals surface area contributed by atoms with Gasteiger partial charge in [0.05, 0.1) is 0 Å². The highest BCUT2D eigenvalue weighted by Crippen LogP contribution is 2.25. The average Bonchev–Trinajstić information content (AvgIpc) is 2.46. The number of benzene rings is 1. The number of hydrogen-bond donors (Lipinski definition) is 3. The van der Waals surface area contributed by atoms with Gasteiger partial charge in [-0.2, -0.15) is 0 Å². The number of hydrogen-bond acceptors (Lipinski definition) is 4. The van der Waals surface area contributed by atoms with Crippen molar-refractivity contribution in [1.82, 2.24) is 0 Å². The predicted molar refractivity (Wildman–Crippen MR) is 102 cm³/mol. The van der Waals surface area contributed by atoms with Crippen LogP contribution in [0, 0.1) is 5.92 Å². The van der Waals surface area contributed by atoms with Gasteiger partial charge in [-0.25, -0.2) is 0 Å². The maximum absolute atomic E-state index is 11.8. The van der Waals surface area contributed by atoms with E-state index in [1.54, 1.807) is 6.92 Å². The minimum Gasteiger partial charge on any atom is -0.371 e. The highest BCUT2D eigenvalue weighted by atomic mass is 35.5. The topological polar surface area (TPSA) is 101 Å². The van der Waals surface area contributed by atoms with Gasteiger partial charge in [0.1, 0.15) is 0 Å². The number of rotatable bonds is 5. The van der Waals surface area contributed by atoms with E-state index in [2.05, 4.69) is 10.2 Å². The average molecular weight is 377 g/mol. The Bertz CT molecular complexity index is 547. The molecule has 1 fully saturated rings. The summed E-state index contributed by atoms with van der Waals surface area (Å²) in [7, 11) is 0. The molecule has 8 heteroatoms. The molecule has 136 valence electrons. The third kappa shape index (κ3) is 6.55. The second-order valence-electron chi connectivity index (χ2n) is 5.94. The lowest BCUT2D eigenvalue weighted by Gasteiger charge is -2.32. The van der Waals surface area contributed by atoms with Gasteiger partial charge in [-0.15, -0.1) is 24.8 Å². The number of primary amides is 1. The summed E-state index contributed by atoms with van der Waals surface area (Å²) in [5.74, 6) is -0.318. The van der Waals surface area contributed by atoms with Crippen LogP contribution in [0.15, 0.2) is 24.3 Å². The molecule has 0 bridgehead atoms. The number of carbonyl (C=O) groups excluding carboxylic acids is 2. The first-order valence-corrected chi connectivity index (χ1v) is 7.65. The van der Waals surface area contributed by atoms with Crippen LogP contribution in [0.5, 0.6) is 0 Å². The number of nitrogens with zero attached hydrogens (tertiary/aromatic N) is 1. The smallest absolute Gasteiger partial charge is 0.225 e. The lowest BCUT2D eigenvalue weighted by Crippen LogP contribution is -2.38. The third-order valence-corrected chi connectivity index (χ3v) is 3.90. The third-order valence-electron chi connectivity index (χ3n) is 3.90. The Balaban J connectivity index is 0.00000264. The van der Waals surface area contributed by atoms with Gasteiger partial charge in [0.25, 0.3) is 0 Å². The molecule has 1 aliphatic rings. The van der Waals surface area contributed by atoms with Crippen molar-refractivity contribution in [3.63, 3.8) is 0 Å². The Morgan fingerprint density at radius 2 is 1.92 bits per heavy atom. The van der Waals surface area contributed by atoms with Gasteiger partial charge in [-0.1, -0.05) is 6.07 Å². The van der Waals surface area contributed by atoms with E-state index in [0.717, 1.165) is 37.3 Å². The Morgan fingerprint density at radius 3 is 2.46 bits per heavy atom. The lowest BCUT2D eigenvalue weighted by molar-refractivity contribution is -0.122. The minimum absolute atomic E-state index is 0. The normalized spacial score (nSPS) is 15.7. The molecule has 24 heavy (non-hydrogen) atoms. The standard InChI is InChI=1S/C16H24N4O2.2ClH/c1-11(17)9-15(21)19-13-3-2-4-14(10-13)20-7-5-12(6-8-20)16(18)22;;/h2-4,10-12H,5-9,17H2,1H3,(H2,18,22)(H,19,21);2*1H. The largest absolute Gasteiger partial charge is 0.371 e. The van der Waals surface area contributed by atoms with Gasteiger partial charge >= 0.3 is 0 Å². The van der Waals surface area contributed by atoms with Crippen LogP contribution >= 0.6 is 24.8 Å². The van der Waals surface area contributed by atoms with Crippen molar-refractivity contribution >= 4 is 48.0 Å². The Labute approximate surface area is 155 Å². The second-order valence-corrected chi connectivity index (χ2v) is 5.94. The molecule has 0 aromatic heterocycles. The Morgan fingerprint density at radius 1 is 1.29 bits per heavy atom. The van der Waals surface area contributed by atoms with Crippen molar-refractivity contribution in [2.75, 3.05) is 23.3 Å². The molecule has 1 aromatic rings. The second kappa shape index (κ2) is 10.4. The molecule has 0 spiro atoms. The molecule has 0 aliphatic carbocycles. The fraction of sp³-hybridized carbons (Fsp3) is 0.500. The first-order valence-electron chi connectivity index (χ1n) is 7.65. The quantitative estimate of drug-likeness (QED) is 0.730. The van der Waals surface area contributed by atoms with Crippen LogP contribution in [0.25, 0.3) is 0 Å². The summed E-state index contributed by atoms with van der Waals surface area (Å²) < 4.78 is 0. The number of anilines is 2. The van der Waals surface area contributed by atoms with E-state index in [1.807, 2.05) is 24.3 Å². The zero-order valence-electron chi connectivity index (χ0n) is 13.7. The Hall–Kier alpha value is -1.50. The van der Waals surface area contributed by atoms with Gasteiger partial charge in [-0.3, -0.25) is 9.59 Å². The molecule has 1 aliphatic heterocycles. The SMILES string of the molecule is CC(N)CC(=O)Nc1cccc(N2CCC(C(N)=O)CC2)c1.Cl.Cl. The van der Waals surface area contributed by atoms with E-state index in [0.29, 0.717) is 6.42 Å². The fourth-order valence-electron chi connectivity index (χ4n) is 2.71. The van der Waals surface area contributed by atoms with E-state index in [-0.39, 0.29) is 48.6 Å². The van der Waals surface area contributed by atoms with Gasteiger partial charge in [0, 0.05) is 42.8 Å². The molecule has 2 rings (SSSR count). The van der Waals surface area contributed by atoms with Gasteiger partial charge in [0.15, 0.2) is 0 Å². The number of nitrogens with two attached hydrogens (primary N) is 2. The van der Waals surface area contributed by atoms with E-state index in [9.17, 15) is 9.59 Å². The van der Waals surface area contributed by atoms with Crippen LogP contribution in [0.1, 0.15) is 26.2 Å². The van der Waals surface area contributed by atoms with Crippen molar-refractivity contribution in [3.05, 3.63) is 24.3 Å². The summed E-state index contributed by atoms with van der Waals surface area (Å²) in [5.41, 5.74) is 12.8. The first kappa shape index (κ1) is 22.5. The maximum Gasteiger partial charge on any atom is 0.225 e. The number of amides is 2. The molecule has 0 saturated carbocycles. The van der Waals surface area contributed by atoms with Gasteiger partial charge in [-0.05, 0) is 38.0 Å². The molecule has 6 nitrogen and oxygen atoms in total. The highest BCUT2D eigenvalue weighted by molar-refractivity contribution is 5.91.